The van der Waals surface area contributed by atoms with Crippen molar-refractivity contribution in [1.29, 1.82) is 0 Å². The van der Waals surface area contributed by atoms with Gasteiger partial charge in [0.15, 0.2) is 0 Å². The lowest BCUT2D eigenvalue weighted by atomic mass is 9.51. The maximum absolute atomic E-state index is 6.00. The molecule has 2 aliphatic heterocycles. The number of nitrogens with zero attached hydrogens (tertiary/aromatic N) is 1. The summed E-state index contributed by atoms with van der Waals surface area (Å²) in [7, 11) is 0. The maximum Gasteiger partial charge on any atom is 0.0922 e. The van der Waals surface area contributed by atoms with Crippen LogP contribution in [0.1, 0.15) is 43.5 Å². The summed E-state index contributed by atoms with van der Waals surface area (Å²) in [6.45, 7) is 8.05. The van der Waals surface area contributed by atoms with E-state index < -0.39 is 0 Å². The van der Waals surface area contributed by atoms with Gasteiger partial charge < -0.3 is 4.90 Å². The molecule has 0 saturated carbocycles. The van der Waals surface area contributed by atoms with Gasteiger partial charge in [-0.2, -0.15) is 0 Å². The average Bonchev–Trinajstić information content (AvgIpc) is 2.54. The predicted octanol–water partition coefficient (Wildman–Crippen LogP) is 4.91. The second-order valence-electron chi connectivity index (χ2n) is 7.77. The monoisotopic (exact) mass is 321 g/mol. The van der Waals surface area contributed by atoms with E-state index >= 15 is 0 Å². The summed E-state index contributed by atoms with van der Waals surface area (Å²) in [5.41, 5.74) is 4.28. The Kier molecular flexibility index (Phi) is 3.18. The minimum absolute atomic E-state index is 0.0665. The van der Waals surface area contributed by atoms with E-state index in [-0.39, 0.29) is 10.8 Å². The molecule has 0 N–H and O–H groups in total. The molecule has 2 aromatic carbocycles. The molecule has 0 amide bonds. The van der Waals surface area contributed by atoms with Crippen LogP contribution in [0.25, 0.3) is 0 Å². The van der Waals surface area contributed by atoms with Gasteiger partial charge in [0, 0.05) is 6.54 Å². The maximum atomic E-state index is 6.00. The smallest absolute Gasteiger partial charge is 0.0922 e. The molecule has 0 radical (unpaired) electrons. The van der Waals surface area contributed by atoms with E-state index in [1.807, 2.05) is 0 Å². The predicted molar refractivity (Wildman–Crippen MR) is 99.8 cm³/mol. The van der Waals surface area contributed by atoms with E-state index in [0.29, 0.717) is 6.04 Å². The molecule has 0 bridgehead atoms. The Labute approximate surface area is 144 Å². The van der Waals surface area contributed by atoms with E-state index in [2.05, 4.69) is 80.3 Å². The van der Waals surface area contributed by atoms with Crippen LogP contribution in [0.4, 0.5) is 0 Å². The molecule has 118 valence electrons. The first-order valence-electron chi connectivity index (χ1n) is 8.42. The van der Waals surface area contributed by atoms with Crippen LogP contribution in [-0.4, -0.2) is 16.4 Å². The van der Waals surface area contributed by atoms with Gasteiger partial charge in [0.2, 0.25) is 0 Å². The number of rotatable bonds is 1. The van der Waals surface area contributed by atoms with Gasteiger partial charge in [0.05, 0.1) is 16.4 Å². The highest BCUT2D eigenvalue weighted by atomic mass is 32.1. The van der Waals surface area contributed by atoms with E-state index in [1.54, 1.807) is 0 Å². The summed E-state index contributed by atoms with van der Waals surface area (Å²) >= 11 is 6.00. The first-order chi connectivity index (χ1) is 11.0. The minimum atomic E-state index is -0.0971. The highest BCUT2D eigenvalue weighted by Crippen LogP contribution is 2.62. The molecule has 2 heteroatoms. The molecule has 2 aliphatic rings. The minimum Gasteiger partial charge on any atom is -0.357 e. The molecule has 4 rings (SSSR count). The van der Waals surface area contributed by atoms with Gasteiger partial charge in [-0.15, -0.1) is 0 Å². The van der Waals surface area contributed by atoms with Crippen LogP contribution in [0.2, 0.25) is 0 Å². The van der Waals surface area contributed by atoms with Gasteiger partial charge in [-0.05, 0) is 28.5 Å². The Bertz CT molecular complexity index is 759. The van der Waals surface area contributed by atoms with E-state index in [0.717, 1.165) is 18.0 Å². The van der Waals surface area contributed by atoms with Gasteiger partial charge in [-0.25, -0.2) is 0 Å². The first-order valence-corrected chi connectivity index (χ1v) is 8.83. The molecule has 0 aromatic heterocycles. The zero-order valence-corrected chi connectivity index (χ0v) is 14.9. The molecule has 2 aromatic rings. The Morgan fingerprint density at radius 3 is 2.35 bits per heavy atom. The van der Waals surface area contributed by atoms with Crippen molar-refractivity contribution in [3.8, 4) is 0 Å². The summed E-state index contributed by atoms with van der Waals surface area (Å²) < 4.78 is 0. The fourth-order valence-electron chi connectivity index (χ4n) is 4.68. The lowest BCUT2D eigenvalue weighted by Crippen LogP contribution is -2.71. The van der Waals surface area contributed by atoms with Crippen LogP contribution in [0.5, 0.6) is 0 Å². The van der Waals surface area contributed by atoms with Crippen LogP contribution >= 0.6 is 12.2 Å². The number of thiocarbonyl (C=S) groups is 1. The SMILES string of the molecule is CC(C)(C)C1(c2ccccc2)C(=S)N2CCc3ccccc3C21. The van der Waals surface area contributed by atoms with Gasteiger partial charge in [0.1, 0.15) is 0 Å². The summed E-state index contributed by atoms with van der Waals surface area (Å²) in [6.07, 6.45) is 1.10. The third-order valence-corrected chi connectivity index (χ3v) is 6.26. The summed E-state index contributed by atoms with van der Waals surface area (Å²) in [4.78, 5) is 3.58. The molecule has 2 heterocycles. The lowest BCUT2D eigenvalue weighted by Gasteiger charge is -2.66. The molecular formula is C21H23NS. The Morgan fingerprint density at radius 2 is 1.65 bits per heavy atom. The van der Waals surface area contributed by atoms with Gasteiger partial charge in [0.25, 0.3) is 0 Å². The topological polar surface area (TPSA) is 3.24 Å². The van der Waals surface area contributed by atoms with Crippen LogP contribution in [0.15, 0.2) is 54.6 Å². The number of hydrogen-bond acceptors (Lipinski definition) is 1. The van der Waals surface area contributed by atoms with E-state index in [1.165, 1.54) is 16.7 Å². The molecular weight excluding hydrogens is 298 g/mol. The van der Waals surface area contributed by atoms with Crippen molar-refractivity contribution in [1.82, 2.24) is 4.90 Å². The van der Waals surface area contributed by atoms with Crippen LogP contribution < -0.4 is 0 Å². The fraction of sp³-hybridized carbons (Fsp3) is 0.381. The van der Waals surface area contributed by atoms with Gasteiger partial charge in [-0.1, -0.05) is 87.6 Å². The van der Waals surface area contributed by atoms with Crippen molar-refractivity contribution in [2.24, 2.45) is 5.41 Å². The molecule has 2 atom stereocenters. The quantitative estimate of drug-likeness (QED) is 0.687. The molecule has 1 fully saturated rings. The highest BCUT2D eigenvalue weighted by Gasteiger charge is 2.65. The van der Waals surface area contributed by atoms with Crippen LogP contribution in [0.3, 0.4) is 0 Å². The van der Waals surface area contributed by atoms with E-state index in [9.17, 15) is 0 Å². The fourth-order valence-corrected chi connectivity index (χ4v) is 5.41. The Hall–Kier alpha value is -1.67. The zero-order valence-electron chi connectivity index (χ0n) is 14.0. The third kappa shape index (κ3) is 1.82. The first kappa shape index (κ1) is 14.9. The van der Waals surface area contributed by atoms with Gasteiger partial charge >= 0.3 is 0 Å². The van der Waals surface area contributed by atoms with Crippen molar-refractivity contribution in [3.63, 3.8) is 0 Å². The highest BCUT2D eigenvalue weighted by molar-refractivity contribution is 7.80. The average molecular weight is 321 g/mol. The van der Waals surface area contributed by atoms with Crippen molar-refractivity contribution in [3.05, 3.63) is 71.3 Å². The molecule has 0 spiro atoms. The zero-order chi connectivity index (χ0) is 16.2. The summed E-state index contributed by atoms with van der Waals surface area (Å²) in [6, 6.07) is 20.2. The van der Waals surface area contributed by atoms with Gasteiger partial charge in [-0.3, -0.25) is 0 Å². The molecule has 1 nitrogen and oxygen atoms in total. The van der Waals surface area contributed by atoms with Crippen LogP contribution in [-0.2, 0) is 11.8 Å². The van der Waals surface area contributed by atoms with Crippen molar-refractivity contribution in [2.75, 3.05) is 6.54 Å². The third-order valence-electron chi connectivity index (χ3n) is 5.70. The molecule has 0 aliphatic carbocycles. The van der Waals surface area contributed by atoms with Crippen LogP contribution in [0, 0.1) is 5.41 Å². The second-order valence-corrected chi connectivity index (χ2v) is 8.16. The second kappa shape index (κ2) is 4.91. The number of fused-ring (bicyclic) bond motifs is 3. The standard InChI is InChI=1S/C21H23NS/c1-20(2,3)21(16-10-5-4-6-11-16)18-17-12-8-7-9-15(17)13-14-22(18)19(21)23/h4-12,18H,13-14H2,1-3H3. The Morgan fingerprint density at radius 1 is 1.00 bits per heavy atom. The van der Waals surface area contributed by atoms with Crippen molar-refractivity contribution < 1.29 is 0 Å². The number of benzene rings is 2. The Balaban J connectivity index is 1.97. The lowest BCUT2D eigenvalue weighted by molar-refractivity contribution is 0.0524. The molecule has 1 saturated heterocycles. The van der Waals surface area contributed by atoms with Crippen molar-refractivity contribution in [2.45, 2.75) is 38.6 Å². The van der Waals surface area contributed by atoms with E-state index in [4.69, 9.17) is 12.2 Å². The molecule has 2 unspecified atom stereocenters. The summed E-state index contributed by atoms with van der Waals surface area (Å²) in [5.74, 6) is 0. The number of hydrogen-bond donors (Lipinski definition) is 0. The van der Waals surface area contributed by atoms with Crippen molar-refractivity contribution >= 4 is 17.2 Å². The molecule has 23 heavy (non-hydrogen) atoms. The normalized spacial score (nSPS) is 26.3. The summed E-state index contributed by atoms with van der Waals surface area (Å²) in [5, 5.41) is 0. The largest absolute Gasteiger partial charge is 0.357 e.